The van der Waals surface area contributed by atoms with Gasteiger partial charge in [-0.15, -0.1) is 0 Å². The molecule has 166 valence electrons. The van der Waals surface area contributed by atoms with Crippen LogP contribution in [0.25, 0.3) is 11.0 Å². The SMILES string of the molecule is O=C(COC(=O)Cc1coc2cc3c(cc12)CCC3)NCC(=O)Nc1ccc(F)c(F)c1. The molecule has 0 spiro atoms. The van der Waals surface area contributed by atoms with Crippen molar-refractivity contribution in [1.82, 2.24) is 5.32 Å². The topological polar surface area (TPSA) is 97.6 Å². The number of furan rings is 1. The van der Waals surface area contributed by atoms with Gasteiger partial charge in [0, 0.05) is 22.7 Å². The van der Waals surface area contributed by atoms with Gasteiger partial charge in [-0.05, 0) is 54.7 Å². The summed E-state index contributed by atoms with van der Waals surface area (Å²) in [5.41, 5.74) is 3.98. The minimum Gasteiger partial charge on any atom is -0.464 e. The van der Waals surface area contributed by atoms with Crippen LogP contribution in [0.1, 0.15) is 23.1 Å². The molecule has 1 aliphatic rings. The molecule has 0 radical (unpaired) electrons. The van der Waals surface area contributed by atoms with E-state index in [4.69, 9.17) is 9.15 Å². The molecule has 1 aliphatic carbocycles. The van der Waals surface area contributed by atoms with Crippen LogP contribution in [0.4, 0.5) is 14.5 Å². The van der Waals surface area contributed by atoms with E-state index in [1.807, 2.05) is 12.1 Å². The van der Waals surface area contributed by atoms with Crippen LogP contribution in [0.15, 0.2) is 41.0 Å². The van der Waals surface area contributed by atoms with E-state index >= 15 is 0 Å². The lowest BCUT2D eigenvalue weighted by Crippen LogP contribution is -2.35. The minimum atomic E-state index is -1.10. The highest BCUT2D eigenvalue weighted by molar-refractivity contribution is 5.95. The van der Waals surface area contributed by atoms with E-state index in [0.29, 0.717) is 5.56 Å². The van der Waals surface area contributed by atoms with Gasteiger partial charge < -0.3 is 19.8 Å². The molecule has 2 aromatic carbocycles. The Morgan fingerprint density at radius 3 is 2.56 bits per heavy atom. The molecule has 2 N–H and O–H groups in total. The van der Waals surface area contributed by atoms with E-state index in [9.17, 15) is 23.2 Å². The number of ether oxygens (including phenoxy) is 1. The smallest absolute Gasteiger partial charge is 0.310 e. The first-order chi connectivity index (χ1) is 15.4. The summed E-state index contributed by atoms with van der Waals surface area (Å²) in [6, 6.07) is 6.94. The lowest BCUT2D eigenvalue weighted by atomic mass is 10.0. The molecule has 32 heavy (non-hydrogen) atoms. The highest BCUT2D eigenvalue weighted by Gasteiger charge is 2.18. The summed E-state index contributed by atoms with van der Waals surface area (Å²) in [4.78, 5) is 35.8. The fourth-order valence-electron chi connectivity index (χ4n) is 3.65. The van der Waals surface area contributed by atoms with Gasteiger partial charge in [0.05, 0.1) is 19.2 Å². The molecule has 0 bridgehead atoms. The van der Waals surface area contributed by atoms with Crippen LogP contribution in [-0.2, 0) is 38.4 Å². The molecule has 0 unspecified atom stereocenters. The Morgan fingerprint density at radius 1 is 1.00 bits per heavy atom. The van der Waals surface area contributed by atoms with Crippen molar-refractivity contribution < 1.29 is 32.3 Å². The fourth-order valence-corrected chi connectivity index (χ4v) is 3.65. The number of carbonyl (C=O) groups is 3. The quantitative estimate of drug-likeness (QED) is 0.548. The number of rotatable bonds is 7. The standard InChI is InChI=1S/C23H20F2N2O5/c24-18-5-4-16(9-19(18)25)27-21(28)10-26-22(29)12-32-23(30)8-15-11-31-20-7-14-3-1-2-13(14)6-17(15)20/h4-7,9,11H,1-3,8,10,12H2,(H,26,29)(H,27,28). The van der Waals surface area contributed by atoms with Gasteiger partial charge in [-0.2, -0.15) is 0 Å². The van der Waals surface area contributed by atoms with Gasteiger partial charge in [0.1, 0.15) is 5.58 Å². The molecule has 0 aliphatic heterocycles. The van der Waals surface area contributed by atoms with E-state index in [1.54, 1.807) is 0 Å². The normalized spacial score (nSPS) is 12.4. The zero-order valence-corrected chi connectivity index (χ0v) is 17.0. The van der Waals surface area contributed by atoms with Gasteiger partial charge in [0.15, 0.2) is 18.2 Å². The number of halogens is 2. The molecule has 0 atom stereocenters. The highest BCUT2D eigenvalue weighted by Crippen LogP contribution is 2.30. The first-order valence-corrected chi connectivity index (χ1v) is 10.1. The molecule has 4 rings (SSSR count). The summed E-state index contributed by atoms with van der Waals surface area (Å²) in [6.45, 7) is -0.977. The molecular formula is C23H20F2N2O5. The number of carbonyl (C=O) groups excluding carboxylic acids is 3. The van der Waals surface area contributed by atoms with Gasteiger partial charge in [-0.25, -0.2) is 8.78 Å². The maximum absolute atomic E-state index is 13.1. The average molecular weight is 442 g/mol. The van der Waals surface area contributed by atoms with Crippen molar-refractivity contribution in [3.63, 3.8) is 0 Å². The third-order valence-corrected chi connectivity index (χ3v) is 5.22. The van der Waals surface area contributed by atoms with Crippen LogP contribution < -0.4 is 10.6 Å². The Kier molecular flexibility index (Phi) is 6.16. The summed E-state index contributed by atoms with van der Waals surface area (Å²) in [6.07, 6.45) is 4.61. The predicted octanol–water partition coefficient (Wildman–Crippen LogP) is 3.04. The molecule has 2 amide bonds. The lowest BCUT2D eigenvalue weighted by molar-refractivity contribution is -0.147. The molecule has 3 aromatic rings. The summed E-state index contributed by atoms with van der Waals surface area (Å²) in [5, 5.41) is 5.46. The summed E-state index contributed by atoms with van der Waals surface area (Å²) >= 11 is 0. The van der Waals surface area contributed by atoms with Crippen LogP contribution in [0.3, 0.4) is 0 Å². The minimum absolute atomic E-state index is 0.0459. The Bertz CT molecular complexity index is 1200. The number of aryl methyl sites for hydroxylation is 2. The number of hydrogen-bond donors (Lipinski definition) is 2. The monoisotopic (exact) mass is 442 g/mol. The molecule has 7 nitrogen and oxygen atoms in total. The molecule has 1 heterocycles. The Balaban J connectivity index is 1.23. The average Bonchev–Trinajstić information content (AvgIpc) is 3.38. The zero-order chi connectivity index (χ0) is 22.7. The molecule has 1 aromatic heterocycles. The maximum Gasteiger partial charge on any atom is 0.310 e. The largest absolute Gasteiger partial charge is 0.464 e. The number of hydrogen-bond acceptors (Lipinski definition) is 5. The Morgan fingerprint density at radius 2 is 1.78 bits per heavy atom. The number of amides is 2. The van der Waals surface area contributed by atoms with Gasteiger partial charge in [-0.1, -0.05) is 0 Å². The second kappa shape index (κ2) is 9.17. The van der Waals surface area contributed by atoms with Crippen LogP contribution in [0.2, 0.25) is 0 Å². The molecular weight excluding hydrogens is 422 g/mol. The van der Waals surface area contributed by atoms with Crippen molar-refractivity contribution in [3.05, 3.63) is 64.9 Å². The Hall–Kier alpha value is -3.75. The van der Waals surface area contributed by atoms with Gasteiger partial charge in [-0.3, -0.25) is 14.4 Å². The van der Waals surface area contributed by atoms with Crippen molar-refractivity contribution in [1.29, 1.82) is 0 Å². The highest BCUT2D eigenvalue weighted by atomic mass is 19.2. The van der Waals surface area contributed by atoms with Crippen LogP contribution in [0.5, 0.6) is 0 Å². The number of benzene rings is 2. The molecule has 9 heteroatoms. The maximum atomic E-state index is 13.1. The number of fused-ring (bicyclic) bond motifs is 2. The van der Waals surface area contributed by atoms with E-state index in [-0.39, 0.29) is 12.1 Å². The van der Waals surface area contributed by atoms with E-state index in [1.165, 1.54) is 23.5 Å². The first kappa shape index (κ1) is 21.5. The van der Waals surface area contributed by atoms with E-state index in [0.717, 1.165) is 42.4 Å². The Labute approximate surface area is 181 Å². The van der Waals surface area contributed by atoms with Crippen molar-refractivity contribution in [2.45, 2.75) is 25.7 Å². The lowest BCUT2D eigenvalue weighted by Gasteiger charge is -2.08. The molecule has 0 fully saturated rings. The molecule has 0 saturated heterocycles. The van der Waals surface area contributed by atoms with Crippen molar-refractivity contribution in [3.8, 4) is 0 Å². The second-order valence-electron chi connectivity index (χ2n) is 7.52. The fraction of sp³-hybridized carbons (Fsp3) is 0.261. The first-order valence-electron chi connectivity index (χ1n) is 10.1. The van der Waals surface area contributed by atoms with Gasteiger partial charge in [0.25, 0.3) is 5.91 Å². The van der Waals surface area contributed by atoms with Crippen molar-refractivity contribution in [2.24, 2.45) is 0 Å². The van der Waals surface area contributed by atoms with Gasteiger partial charge >= 0.3 is 5.97 Å². The molecule has 0 saturated carbocycles. The second-order valence-corrected chi connectivity index (χ2v) is 7.52. The van der Waals surface area contributed by atoms with Crippen LogP contribution in [-0.4, -0.2) is 30.9 Å². The van der Waals surface area contributed by atoms with Crippen LogP contribution in [0, 0.1) is 11.6 Å². The van der Waals surface area contributed by atoms with E-state index in [2.05, 4.69) is 10.6 Å². The summed E-state index contributed by atoms with van der Waals surface area (Å²) < 4.78 is 36.6. The third kappa shape index (κ3) is 4.93. The van der Waals surface area contributed by atoms with Crippen LogP contribution >= 0.6 is 0 Å². The third-order valence-electron chi connectivity index (χ3n) is 5.22. The van der Waals surface area contributed by atoms with E-state index < -0.39 is 42.6 Å². The van der Waals surface area contributed by atoms with Gasteiger partial charge in [0.2, 0.25) is 5.91 Å². The summed E-state index contributed by atoms with van der Waals surface area (Å²) in [5.74, 6) is -4.06. The number of anilines is 1. The van der Waals surface area contributed by atoms with Crippen molar-refractivity contribution >= 4 is 34.4 Å². The summed E-state index contributed by atoms with van der Waals surface area (Å²) in [7, 11) is 0. The number of nitrogens with one attached hydrogen (secondary N) is 2. The number of esters is 1. The predicted molar refractivity (Wildman–Crippen MR) is 111 cm³/mol. The van der Waals surface area contributed by atoms with Crippen molar-refractivity contribution in [2.75, 3.05) is 18.5 Å². The zero-order valence-electron chi connectivity index (χ0n) is 17.0.